The SMILES string of the molecule is COc1ccc(CN(C)C)cc1NC(C)C1CCCC1. The van der Waals surface area contributed by atoms with E-state index in [9.17, 15) is 0 Å². The predicted molar refractivity (Wildman–Crippen MR) is 85.4 cm³/mol. The molecule has 3 heteroatoms. The van der Waals surface area contributed by atoms with E-state index in [-0.39, 0.29) is 0 Å². The van der Waals surface area contributed by atoms with Gasteiger partial charge in [-0.15, -0.1) is 0 Å². The molecule has 1 N–H and O–H groups in total. The van der Waals surface area contributed by atoms with Crippen LogP contribution in [0.3, 0.4) is 0 Å². The summed E-state index contributed by atoms with van der Waals surface area (Å²) >= 11 is 0. The lowest BCUT2D eigenvalue weighted by atomic mass is 9.99. The minimum atomic E-state index is 0.515. The molecule has 2 rings (SSSR count). The minimum absolute atomic E-state index is 0.515. The number of nitrogens with zero attached hydrogens (tertiary/aromatic N) is 1. The van der Waals surface area contributed by atoms with E-state index >= 15 is 0 Å². The lowest BCUT2D eigenvalue weighted by Gasteiger charge is -2.23. The fourth-order valence-corrected chi connectivity index (χ4v) is 3.15. The Morgan fingerprint density at radius 1 is 1.30 bits per heavy atom. The van der Waals surface area contributed by atoms with Gasteiger partial charge in [-0.1, -0.05) is 18.9 Å². The second-order valence-corrected chi connectivity index (χ2v) is 6.25. The quantitative estimate of drug-likeness (QED) is 0.856. The summed E-state index contributed by atoms with van der Waals surface area (Å²) in [5, 5.41) is 3.67. The van der Waals surface area contributed by atoms with Gasteiger partial charge in [-0.25, -0.2) is 0 Å². The zero-order chi connectivity index (χ0) is 14.5. The van der Waals surface area contributed by atoms with Crippen LogP contribution in [0.4, 0.5) is 5.69 Å². The molecule has 112 valence electrons. The van der Waals surface area contributed by atoms with Crippen molar-refractivity contribution in [2.45, 2.75) is 45.2 Å². The lowest BCUT2D eigenvalue weighted by molar-refractivity contribution is 0.399. The Bertz CT molecular complexity index is 425. The van der Waals surface area contributed by atoms with E-state index in [0.29, 0.717) is 6.04 Å². The van der Waals surface area contributed by atoms with Crippen molar-refractivity contribution in [2.24, 2.45) is 5.92 Å². The molecule has 1 aromatic carbocycles. The largest absolute Gasteiger partial charge is 0.495 e. The van der Waals surface area contributed by atoms with Gasteiger partial charge in [0.15, 0.2) is 0 Å². The van der Waals surface area contributed by atoms with E-state index < -0.39 is 0 Å². The van der Waals surface area contributed by atoms with Crippen molar-refractivity contribution in [1.82, 2.24) is 4.90 Å². The molecule has 0 spiro atoms. The van der Waals surface area contributed by atoms with Crippen LogP contribution in [0.15, 0.2) is 18.2 Å². The molecule has 1 aliphatic rings. The van der Waals surface area contributed by atoms with Gasteiger partial charge in [-0.3, -0.25) is 0 Å². The first-order chi connectivity index (χ1) is 9.60. The van der Waals surface area contributed by atoms with Crippen LogP contribution < -0.4 is 10.1 Å². The Balaban J connectivity index is 2.10. The fraction of sp³-hybridized carbons (Fsp3) is 0.647. The first-order valence-corrected chi connectivity index (χ1v) is 7.68. The number of nitrogens with one attached hydrogen (secondary N) is 1. The van der Waals surface area contributed by atoms with Crippen LogP contribution >= 0.6 is 0 Å². The first-order valence-electron chi connectivity index (χ1n) is 7.68. The summed E-state index contributed by atoms with van der Waals surface area (Å²) in [7, 11) is 5.93. The molecule has 0 amide bonds. The van der Waals surface area contributed by atoms with Gasteiger partial charge < -0.3 is 15.0 Å². The summed E-state index contributed by atoms with van der Waals surface area (Å²) in [6.07, 6.45) is 5.48. The molecule has 1 unspecified atom stereocenters. The highest BCUT2D eigenvalue weighted by atomic mass is 16.5. The van der Waals surface area contributed by atoms with E-state index in [1.807, 2.05) is 0 Å². The number of hydrogen-bond acceptors (Lipinski definition) is 3. The second-order valence-electron chi connectivity index (χ2n) is 6.25. The predicted octanol–water partition coefficient (Wildman–Crippen LogP) is 3.75. The van der Waals surface area contributed by atoms with Crippen LogP contribution in [0.25, 0.3) is 0 Å². The van der Waals surface area contributed by atoms with Gasteiger partial charge in [0.05, 0.1) is 12.8 Å². The Morgan fingerprint density at radius 2 is 2.00 bits per heavy atom. The van der Waals surface area contributed by atoms with Gasteiger partial charge in [0, 0.05) is 12.6 Å². The first kappa shape index (κ1) is 15.2. The maximum Gasteiger partial charge on any atom is 0.141 e. The molecule has 3 nitrogen and oxygen atoms in total. The highest BCUT2D eigenvalue weighted by Crippen LogP contribution is 2.32. The zero-order valence-corrected chi connectivity index (χ0v) is 13.3. The number of benzene rings is 1. The third-order valence-corrected chi connectivity index (χ3v) is 4.25. The van der Waals surface area contributed by atoms with E-state index in [1.54, 1.807) is 7.11 Å². The van der Waals surface area contributed by atoms with Gasteiger partial charge in [0.25, 0.3) is 0 Å². The Hall–Kier alpha value is -1.22. The summed E-state index contributed by atoms with van der Waals surface area (Å²) in [5.74, 6) is 1.74. The van der Waals surface area contributed by atoms with Gasteiger partial charge in [-0.2, -0.15) is 0 Å². The topological polar surface area (TPSA) is 24.5 Å². The third kappa shape index (κ3) is 3.89. The smallest absolute Gasteiger partial charge is 0.141 e. The van der Waals surface area contributed by atoms with Crippen molar-refractivity contribution in [1.29, 1.82) is 0 Å². The monoisotopic (exact) mass is 276 g/mol. The van der Waals surface area contributed by atoms with Crippen molar-refractivity contribution < 1.29 is 4.74 Å². The fourth-order valence-electron chi connectivity index (χ4n) is 3.15. The molecule has 0 aromatic heterocycles. The highest BCUT2D eigenvalue weighted by molar-refractivity contribution is 5.58. The van der Waals surface area contributed by atoms with Crippen LogP contribution in [-0.4, -0.2) is 32.1 Å². The molecule has 1 aliphatic carbocycles. The molecule has 1 saturated carbocycles. The van der Waals surface area contributed by atoms with E-state index in [0.717, 1.165) is 23.9 Å². The van der Waals surface area contributed by atoms with Crippen LogP contribution in [0, 0.1) is 5.92 Å². The van der Waals surface area contributed by atoms with Crippen LogP contribution in [0.1, 0.15) is 38.2 Å². The lowest BCUT2D eigenvalue weighted by Crippen LogP contribution is -2.24. The molecule has 1 fully saturated rings. The van der Waals surface area contributed by atoms with Crippen molar-refractivity contribution in [2.75, 3.05) is 26.5 Å². The second kappa shape index (κ2) is 6.98. The highest BCUT2D eigenvalue weighted by Gasteiger charge is 2.22. The number of methoxy groups -OCH3 is 1. The average Bonchev–Trinajstić information content (AvgIpc) is 2.92. The van der Waals surface area contributed by atoms with Crippen molar-refractivity contribution in [3.8, 4) is 5.75 Å². The van der Waals surface area contributed by atoms with Crippen molar-refractivity contribution >= 4 is 5.69 Å². The van der Waals surface area contributed by atoms with Gasteiger partial charge >= 0.3 is 0 Å². The van der Waals surface area contributed by atoms with Crippen molar-refractivity contribution in [3.05, 3.63) is 23.8 Å². The van der Waals surface area contributed by atoms with Crippen LogP contribution in [-0.2, 0) is 6.54 Å². The van der Waals surface area contributed by atoms with E-state index in [1.165, 1.54) is 31.2 Å². The summed E-state index contributed by atoms with van der Waals surface area (Å²) in [6, 6.07) is 6.96. The number of anilines is 1. The number of hydrogen-bond donors (Lipinski definition) is 1. The van der Waals surface area contributed by atoms with Gasteiger partial charge in [0.2, 0.25) is 0 Å². The third-order valence-electron chi connectivity index (χ3n) is 4.25. The minimum Gasteiger partial charge on any atom is -0.495 e. The molecule has 20 heavy (non-hydrogen) atoms. The number of rotatable bonds is 6. The van der Waals surface area contributed by atoms with Gasteiger partial charge in [0.1, 0.15) is 5.75 Å². The molecular weight excluding hydrogens is 248 g/mol. The maximum atomic E-state index is 5.49. The molecule has 0 saturated heterocycles. The van der Waals surface area contributed by atoms with E-state index in [2.05, 4.69) is 49.4 Å². The molecule has 1 aromatic rings. The maximum absolute atomic E-state index is 5.49. The number of ether oxygens (including phenoxy) is 1. The Kier molecular flexibility index (Phi) is 5.30. The summed E-state index contributed by atoms with van der Waals surface area (Å²) in [6.45, 7) is 3.25. The summed E-state index contributed by atoms with van der Waals surface area (Å²) < 4.78 is 5.49. The Labute approximate surface area is 123 Å². The molecule has 1 atom stereocenters. The average molecular weight is 276 g/mol. The molecule has 0 aliphatic heterocycles. The Morgan fingerprint density at radius 3 is 2.60 bits per heavy atom. The molecular formula is C17H28N2O. The van der Waals surface area contributed by atoms with Crippen LogP contribution in [0.5, 0.6) is 5.75 Å². The molecule has 0 bridgehead atoms. The zero-order valence-electron chi connectivity index (χ0n) is 13.3. The summed E-state index contributed by atoms with van der Waals surface area (Å²) in [4.78, 5) is 2.19. The molecule has 0 radical (unpaired) electrons. The van der Waals surface area contributed by atoms with E-state index in [4.69, 9.17) is 4.74 Å². The van der Waals surface area contributed by atoms with Gasteiger partial charge in [-0.05, 0) is 57.5 Å². The standard InChI is InChI=1S/C17H28N2O/c1-13(15-7-5-6-8-15)18-16-11-14(12-19(2)3)9-10-17(16)20-4/h9-11,13,15,18H,5-8,12H2,1-4H3. The normalized spacial score (nSPS) is 17.4. The van der Waals surface area contributed by atoms with Crippen LogP contribution in [0.2, 0.25) is 0 Å². The van der Waals surface area contributed by atoms with Crippen molar-refractivity contribution in [3.63, 3.8) is 0 Å². The molecule has 0 heterocycles. The summed E-state index contributed by atoms with van der Waals surface area (Å²) in [5.41, 5.74) is 2.45.